The lowest BCUT2D eigenvalue weighted by Gasteiger charge is -2.05. The number of nitrogen functional groups attached to an aromatic ring is 1. The van der Waals surface area contributed by atoms with Crippen molar-refractivity contribution in [1.82, 2.24) is 24.4 Å². The van der Waals surface area contributed by atoms with Crippen LogP contribution in [0.25, 0.3) is 11.0 Å². The van der Waals surface area contributed by atoms with Crippen LogP contribution in [0.1, 0.15) is 11.6 Å². The Balaban J connectivity index is 2.12. The van der Waals surface area contributed by atoms with Crippen LogP contribution in [0.4, 0.5) is 0 Å². The molecule has 0 amide bonds. The number of H-pyrrole nitrogens is 1. The summed E-state index contributed by atoms with van der Waals surface area (Å²) in [6, 6.07) is 7.97. The average Bonchev–Trinajstić information content (AvgIpc) is 2.85. The van der Waals surface area contributed by atoms with E-state index in [0.29, 0.717) is 17.1 Å². The van der Waals surface area contributed by atoms with Crippen molar-refractivity contribution in [1.29, 1.82) is 0 Å². The van der Waals surface area contributed by atoms with Gasteiger partial charge in [-0.25, -0.2) is 9.66 Å². The molecule has 0 saturated carbocycles. The minimum absolute atomic E-state index is 0.409. The Bertz CT molecular complexity index is 765. The number of nitrogens with one attached hydrogen (secondary N) is 1. The van der Waals surface area contributed by atoms with Crippen LogP contribution in [-0.2, 0) is 6.54 Å². The van der Waals surface area contributed by atoms with Crippen molar-refractivity contribution >= 4 is 23.3 Å². The number of para-hydroxylation sites is 2. The fourth-order valence-electron chi connectivity index (χ4n) is 1.99. The van der Waals surface area contributed by atoms with Crippen LogP contribution in [0.3, 0.4) is 0 Å². The number of aromatic amines is 1. The Morgan fingerprint density at radius 3 is 2.89 bits per heavy atom. The number of benzene rings is 1. The van der Waals surface area contributed by atoms with E-state index in [1.54, 1.807) is 0 Å². The second-order valence-corrected chi connectivity index (χ2v) is 4.44. The van der Waals surface area contributed by atoms with E-state index in [0.717, 1.165) is 16.9 Å². The molecule has 0 aliphatic heterocycles. The molecule has 0 unspecified atom stereocenters. The first-order chi connectivity index (χ1) is 8.66. The van der Waals surface area contributed by atoms with Crippen LogP contribution in [0.2, 0.25) is 0 Å². The molecule has 3 aromatic rings. The van der Waals surface area contributed by atoms with E-state index in [1.807, 2.05) is 31.2 Å². The molecule has 2 aromatic heterocycles. The molecule has 18 heavy (non-hydrogen) atoms. The molecule has 0 aliphatic rings. The molecule has 3 N–H and O–H groups in total. The first-order valence-electron chi connectivity index (χ1n) is 5.50. The van der Waals surface area contributed by atoms with E-state index in [9.17, 15) is 0 Å². The van der Waals surface area contributed by atoms with Crippen molar-refractivity contribution < 1.29 is 0 Å². The number of hydrogen-bond acceptors (Lipinski definition) is 4. The molecule has 1 aromatic carbocycles. The van der Waals surface area contributed by atoms with Gasteiger partial charge in [-0.2, -0.15) is 5.10 Å². The third-order valence-electron chi connectivity index (χ3n) is 2.92. The lowest BCUT2D eigenvalue weighted by atomic mass is 10.3. The van der Waals surface area contributed by atoms with Gasteiger partial charge < -0.3 is 10.4 Å². The summed E-state index contributed by atoms with van der Waals surface area (Å²) in [5.41, 5.74) is 2.02. The summed E-state index contributed by atoms with van der Waals surface area (Å²) >= 11 is 4.99. The SMILES string of the molecule is Cc1nc2ccccc2n1Cc1n[nH]c(=S)n1N. The highest BCUT2D eigenvalue weighted by Gasteiger charge is 2.10. The van der Waals surface area contributed by atoms with Gasteiger partial charge in [0, 0.05) is 0 Å². The summed E-state index contributed by atoms with van der Waals surface area (Å²) in [7, 11) is 0. The van der Waals surface area contributed by atoms with Crippen molar-refractivity contribution in [2.24, 2.45) is 0 Å². The number of nitrogens with two attached hydrogens (primary N) is 1. The first kappa shape index (κ1) is 11.0. The molecule has 0 fully saturated rings. The number of fused-ring (bicyclic) bond motifs is 1. The van der Waals surface area contributed by atoms with E-state index in [1.165, 1.54) is 4.68 Å². The first-order valence-corrected chi connectivity index (χ1v) is 5.91. The van der Waals surface area contributed by atoms with Gasteiger partial charge in [0.2, 0.25) is 4.77 Å². The van der Waals surface area contributed by atoms with Crippen LogP contribution in [0, 0.1) is 11.7 Å². The Kier molecular flexibility index (Phi) is 2.41. The van der Waals surface area contributed by atoms with E-state index in [2.05, 4.69) is 19.7 Å². The average molecular weight is 260 g/mol. The Morgan fingerprint density at radius 2 is 2.17 bits per heavy atom. The molecule has 6 nitrogen and oxygen atoms in total. The van der Waals surface area contributed by atoms with Gasteiger partial charge in [-0.05, 0) is 31.3 Å². The number of rotatable bonds is 2. The third kappa shape index (κ3) is 1.60. The Morgan fingerprint density at radius 1 is 1.39 bits per heavy atom. The quantitative estimate of drug-likeness (QED) is 0.539. The zero-order valence-electron chi connectivity index (χ0n) is 9.79. The molecule has 2 heterocycles. The predicted octanol–water partition coefficient (Wildman–Crippen LogP) is 1.36. The maximum absolute atomic E-state index is 5.80. The largest absolute Gasteiger partial charge is 0.335 e. The highest BCUT2D eigenvalue weighted by molar-refractivity contribution is 7.71. The summed E-state index contributed by atoms with van der Waals surface area (Å²) in [4.78, 5) is 4.49. The highest BCUT2D eigenvalue weighted by Crippen LogP contribution is 2.16. The lowest BCUT2D eigenvalue weighted by Crippen LogP contribution is -2.16. The van der Waals surface area contributed by atoms with Gasteiger partial charge in [0.05, 0.1) is 17.6 Å². The van der Waals surface area contributed by atoms with Gasteiger partial charge in [-0.3, -0.25) is 5.10 Å². The Labute approximate surface area is 108 Å². The second kappa shape index (κ2) is 3.95. The molecule has 0 spiro atoms. The molecule has 0 radical (unpaired) electrons. The number of aromatic nitrogens is 5. The van der Waals surface area contributed by atoms with Crippen LogP contribution in [-0.4, -0.2) is 24.4 Å². The maximum atomic E-state index is 5.80. The minimum atomic E-state index is 0.409. The fourth-order valence-corrected chi connectivity index (χ4v) is 2.14. The topological polar surface area (TPSA) is 77.5 Å². The monoisotopic (exact) mass is 260 g/mol. The molecule has 0 atom stereocenters. The van der Waals surface area contributed by atoms with E-state index >= 15 is 0 Å². The predicted molar refractivity (Wildman–Crippen MR) is 71.1 cm³/mol. The van der Waals surface area contributed by atoms with E-state index in [-0.39, 0.29) is 0 Å². The normalized spacial score (nSPS) is 11.2. The van der Waals surface area contributed by atoms with Gasteiger partial charge in [0.25, 0.3) is 0 Å². The van der Waals surface area contributed by atoms with Crippen molar-refractivity contribution in [3.8, 4) is 0 Å². The molecular formula is C11H12N6S. The van der Waals surface area contributed by atoms with Gasteiger partial charge in [0.15, 0.2) is 5.82 Å². The van der Waals surface area contributed by atoms with Gasteiger partial charge in [-0.15, -0.1) is 0 Å². The standard InChI is InChI=1S/C11H12N6S/c1-7-13-8-4-2-3-5-9(8)16(7)6-10-14-15-11(18)17(10)12/h2-5H,6,12H2,1H3,(H,15,18). The molecule has 3 rings (SSSR count). The Hall–Kier alpha value is -2.15. The summed E-state index contributed by atoms with van der Waals surface area (Å²) in [6.07, 6.45) is 0. The maximum Gasteiger partial charge on any atom is 0.214 e. The number of nitrogens with zero attached hydrogens (tertiary/aromatic N) is 4. The van der Waals surface area contributed by atoms with Crippen LogP contribution < -0.4 is 5.84 Å². The zero-order valence-corrected chi connectivity index (χ0v) is 10.6. The number of imidazole rings is 1. The molecule has 0 saturated heterocycles. The van der Waals surface area contributed by atoms with Crippen molar-refractivity contribution in [2.45, 2.75) is 13.5 Å². The van der Waals surface area contributed by atoms with Gasteiger partial charge >= 0.3 is 0 Å². The van der Waals surface area contributed by atoms with Crippen molar-refractivity contribution in [3.05, 3.63) is 40.7 Å². The molecule has 0 bridgehead atoms. The second-order valence-electron chi connectivity index (χ2n) is 4.05. The number of hydrogen-bond donors (Lipinski definition) is 2. The molecule has 92 valence electrons. The fraction of sp³-hybridized carbons (Fsp3) is 0.182. The lowest BCUT2D eigenvalue weighted by molar-refractivity contribution is 0.708. The molecule has 0 aliphatic carbocycles. The smallest absolute Gasteiger partial charge is 0.214 e. The van der Waals surface area contributed by atoms with Crippen LogP contribution >= 0.6 is 12.2 Å². The third-order valence-corrected chi connectivity index (χ3v) is 3.21. The summed E-state index contributed by atoms with van der Waals surface area (Å²) in [5.74, 6) is 7.39. The van der Waals surface area contributed by atoms with Crippen molar-refractivity contribution in [3.63, 3.8) is 0 Å². The van der Waals surface area contributed by atoms with Gasteiger partial charge in [-0.1, -0.05) is 12.1 Å². The van der Waals surface area contributed by atoms with Crippen molar-refractivity contribution in [2.75, 3.05) is 5.84 Å². The zero-order chi connectivity index (χ0) is 12.7. The number of aryl methyl sites for hydroxylation is 1. The van der Waals surface area contributed by atoms with Crippen LogP contribution in [0.15, 0.2) is 24.3 Å². The summed E-state index contributed by atoms with van der Waals surface area (Å²) < 4.78 is 3.85. The minimum Gasteiger partial charge on any atom is -0.335 e. The van der Waals surface area contributed by atoms with E-state index in [4.69, 9.17) is 18.1 Å². The van der Waals surface area contributed by atoms with Crippen LogP contribution in [0.5, 0.6) is 0 Å². The highest BCUT2D eigenvalue weighted by atomic mass is 32.1. The van der Waals surface area contributed by atoms with E-state index < -0.39 is 0 Å². The summed E-state index contributed by atoms with van der Waals surface area (Å²) in [5, 5.41) is 6.78. The summed E-state index contributed by atoms with van der Waals surface area (Å²) in [6.45, 7) is 2.50. The molecular weight excluding hydrogens is 248 g/mol. The molecule has 7 heteroatoms. The van der Waals surface area contributed by atoms with Gasteiger partial charge in [0.1, 0.15) is 5.82 Å².